The van der Waals surface area contributed by atoms with Crippen LogP contribution in [0.2, 0.25) is 0 Å². The van der Waals surface area contributed by atoms with Crippen molar-refractivity contribution in [3.8, 4) is 0 Å². The smallest absolute Gasteiger partial charge is 0.0823 e. The van der Waals surface area contributed by atoms with Gasteiger partial charge in [0.2, 0.25) is 0 Å². The largest absolute Gasteiger partial charge is 0.381 e. The van der Waals surface area contributed by atoms with E-state index in [0.717, 1.165) is 38.4 Å². The maximum absolute atomic E-state index is 10.2. The first-order valence-electron chi connectivity index (χ1n) is 6.11. The third-order valence-electron chi connectivity index (χ3n) is 2.40. The fourth-order valence-corrected chi connectivity index (χ4v) is 1.84. The summed E-state index contributed by atoms with van der Waals surface area (Å²) in [6.07, 6.45) is 4.04. The zero-order valence-corrected chi connectivity index (χ0v) is 10.8. The average Bonchev–Trinajstić information content (AvgIpc) is 2.08. The van der Waals surface area contributed by atoms with Crippen LogP contribution in [0.15, 0.2) is 0 Å². The van der Waals surface area contributed by atoms with Gasteiger partial charge >= 0.3 is 0 Å². The van der Waals surface area contributed by atoms with Gasteiger partial charge in [0.25, 0.3) is 0 Å². The number of unbranched alkanes of at least 4 members (excludes halogenated alkanes) is 1. The van der Waals surface area contributed by atoms with E-state index < -0.39 is 0 Å². The summed E-state index contributed by atoms with van der Waals surface area (Å²) in [5.41, 5.74) is 0.419. The summed E-state index contributed by atoms with van der Waals surface area (Å²) in [4.78, 5) is 0. The van der Waals surface area contributed by atoms with Crippen LogP contribution in [0.25, 0.3) is 0 Å². The molecule has 0 saturated heterocycles. The summed E-state index contributed by atoms with van der Waals surface area (Å²) in [6, 6.07) is 0. The highest BCUT2D eigenvalue weighted by atomic mass is 16.5. The van der Waals surface area contributed by atoms with Gasteiger partial charge in [0.1, 0.15) is 0 Å². The predicted octanol–water partition coefficient (Wildman–Crippen LogP) is 3.68. The Bertz CT molecular complexity index is 138. The number of hydrogen-bond acceptors (Lipinski definition) is 1. The van der Waals surface area contributed by atoms with E-state index in [1.807, 2.05) is 0 Å². The monoisotopic (exact) mass is 215 g/mol. The molecule has 0 aromatic rings. The molecule has 0 aliphatic rings. The Hall–Kier alpha value is -0.0800. The van der Waals surface area contributed by atoms with Crippen LogP contribution in [0.4, 0.5) is 0 Å². The van der Waals surface area contributed by atoms with Crippen molar-refractivity contribution in [2.45, 2.75) is 53.4 Å². The Balaban J connectivity index is 3.28. The molecule has 0 bridgehead atoms. The molecule has 1 atom stereocenters. The van der Waals surface area contributed by atoms with E-state index in [1.165, 1.54) is 6.42 Å². The molecule has 0 aliphatic carbocycles. The van der Waals surface area contributed by atoms with Crippen LogP contribution in [0, 0.1) is 11.3 Å². The first-order chi connectivity index (χ1) is 6.95. The average molecular weight is 215 g/mol. The summed E-state index contributed by atoms with van der Waals surface area (Å²) >= 11 is 0. The molecule has 15 heavy (non-hydrogen) atoms. The Morgan fingerprint density at radius 3 is 2.33 bits per heavy atom. The molecule has 0 aliphatic heterocycles. The van der Waals surface area contributed by atoms with Crippen molar-refractivity contribution in [3.05, 3.63) is 0 Å². The lowest BCUT2D eigenvalue weighted by atomic mass is 9.84. The van der Waals surface area contributed by atoms with Gasteiger partial charge in [-0.3, -0.25) is 0 Å². The van der Waals surface area contributed by atoms with Crippen LogP contribution < -0.4 is 0 Å². The normalized spacial score (nSPS) is 14.2. The van der Waals surface area contributed by atoms with Gasteiger partial charge in [-0.15, -0.1) is 0 Å². The minimum Gasteiger partial charge on any atom is -0.381 e. The first-order valence-corrected chi connectivity index (χ1v) is 6.11. The molecule has 1 radical (unpaired) electrons. The third-order valence-corrected chi connectivity index (χ3v) is 2.40. The van der Waals surface area contributed by atoms with E-state index in [-0.39, 0.29) is 6.61 Å². The SMILES string of the molecule is CC(CCOCCCC[O])CC(C)(C)C. The lowest BCUT2D eigenvalue weighted by molar-refractivity contribution is 0.103. The van der Waals surface area contributed by atoms with Gasteiger partial charge in [0, 0.05) is 13.2 Å². The van der Waals surface area contributed by atoms with Gasteiger partial charge in [-0.05, 0) is 37.0 Å². The molecular formula is C13H27O2. The molecule has 0 amide bonds. The molecule has 0 aromatic heterocycles. The molecule has 0 rings (SSSR count). The second-order valence-electron chi connectivity index (χ2n) is 5.68. The standard InChI is InChI=1S/C13H27O2/c1-12(11-13(2,3)4)7-10-15-9-6-5-8-14/h12H,5-11H2,1-4H3. The van der Waals surface area contributed by atoms with Crippen molar-refractivity contribution >= 4 is 0 Å². The zero-order valence-electron chi connectivity index (χ0n) is 10.8. The fraction of sp³-hybridized carbons (Fsp3) is 1.00. The van der Waals surface area contributed by atoms with Crippen molar-refractivity contribution in [1.29, 1.82) is 0 Å². The van der Waals surface area contributed by atoms with Gasteiger partial charge in [-0.2, -0.15) is 0 Å². The first kappa shape index (κ1) is 14.9. The lowest BCUT2D eigenvalue weighted by Crippen LogP contribution is -2.12. The van der Waals surface area contributed by atoms with Crippen molar-refractivity contribution in [2.24, 2.45) is 11.3 Å². The molecule has 1 unspecified atom stereocenters. The summed E-state index contributed by atoms with van der Waals surface area (Å²) < 4.78 is 5.48. The predicted molar refractivity (Wildman–Crippen MR) is 63.5 cm³/mol. The van der Waals surface area contributed by atoms with Gasteiger partial charge in [-0.25, -0.2) is 5.11 Å². The van der Waals surface area contributed by atoms with Gasteiger partial charge in [0.05, 0.1) is 6.61 Å². The molecule has 0 spiro atoms. The summed E-state index contributed by atoms with van der Waals surface area (Å²) in [6.45, 7) is 10.7. The van der Waals surface area contributed by atoms with Crippen molar-refractivity contribution in [1.82, 2.24) is 0 Å². The maximum atomic E-state index is 10.2. The third kappa shape index (κ3) is 11.8. The van der Waals surface area contributed by atoms with Crippen LogP contribution >= 0.6 is 0 Å². The Morgan fingerprint density at radius 2 is 1.80 bits per heavy atom. The summed E-state index contributed by atoms with van der Waals surface area (Å²) in [5, 5.41) is 10.2. The highest BCUT2D eigenvalue weighted by molar-refractivity contribution is 4.66. The summed E-state index contributed by atoms with van der Waals surface area (Å²) in [5.74, 6) is 0.726. The van der Waals surface area contributed by atoms with Crippen molar-refractivity contribution < 1.29 is 9.84 Å². The second-order valence-corrected chi connectivity index (χ2v) is 5.68. The minimum absolute atomic E-state index is 0.0315. The van der Waals surface area contributed by atoms with E-state index in [1.54, 1.807) is 0 Å². The fourth-order valence-electron chi connectivity index (χ4n) is 1.84. The quantitative estimate of drug-likeness (QED) is 0.568. The van der Waals surface area contributed by atoms with Gasteiger partial charge in [-0.1, -0.05) is 27.7 Å². The minimum atomic E-state index is 0.0315. The molecule has 91 valence electrons. The van der Waals surface area contributed by atoms with Crippen LogP contribution in [0.1, 0.15) is 53.4 Å². The topological polar surface area (TPSA) is 29.1 Å². The zero-order chi connectivity index (χ0) is 11.7. The van der Waals surface area contributed by atoms with E-state index in [4.69, 9.17) is 4.74 Å². The van der Waals surface area contributed by atoms with Crippen molar-refractivity contribution in [3.63, 3.8) is 0 Å². The molecule has 0 aromatic carbocycles. The van der Waals surface area contributed by atoms with Crippen molar-refractivity contribution in [2.75, 3.05) is 19.8 Å². The van der Waals surface area contributed by atoms with Gasteiger partial charge in [0.15, 0.2) is 0 Å². The molecule has 2 heteroatoms. The molecule has 2 nitrogen and oxygen atoms in total. The highest BCUT2D eigenvalue weighted by Gasteiger charge is 2.14. The van der Waals surface area contributed by atoms with Gasteiger partial charge < -0.3 is 4.74 Å². The van der Waals surface area contributed by atoms with Crippen LogP contribution in [0.5, 0.6) is 0 Å². The Kier molecular flexibility index (Phi) is 8.07. The molecule has 0 saturated carbocycles. The second kappa shape index (κ2) is 8.12. The number of hydrogen-bond donors (Lipinski definition) is 0. The molecular weight excluding hydrogens is 188 g/mol. The number of rotatable bonds is 8. The molecule has 0 heterocycles. The summed E-state index contributed by atoms with van der Waals surface area (Å²) in [7, 11) is 0. The number of ether oxygens (including phenoxy) is 1. The Morgan fingerprint density at radius 1 is 1.13 bits per heavy atom. The van der Waals surface area contributed by atoms with Crippen LogP contribution in [0.3, 0.4) is 0 Å². The van der Waals surface area contributed by atoms with Crippen LogP contribution in [-0.4, -0.2) is 19.8 Å². The highest BCUT2D eigenvalue weighted by Crippen LogP contribution is 2.25. The lowest BCUT2D eigenvalue weighted by Gasteiger charge is -2.23. The van der Waals surface area contributed by atoms with E-state index >= 15 is 0 Å². The van der Waals surface area contributed by atoms with Crippen LogP contribution in [-0.2, 0) is 9.84 Å². The van der Waals surface area contributed by atoms with E-state index in [9.17, 15) is 5.11 Å². The van der Waals surface area contributed by atoms with E-state index in [0.29, 0.717) is 5.41 Å². The Labute approximate surface area is 95.0 Å². The maximum Gasteiger partial charge on any atom is 0.0823 e. The van der Waals surface area contributed by atoms with E-state index in [2.05, 4.69) is 27.7 Å². The molecule has 0 N–H and O–H groups in total. The molecule has 0 fully saturated rings.